The van der Waals surface area contributed by atoms with Crippen molar-refractivity contribution in [2.45, 2.75) is 62.6 Å². The predicted octanol–water partition coefficient (Wildman–Crippen LogP) is -2.48. The van der Waals surface area contributed by atoms with Crippen LogP contribution in [0.5, 0.6) is 0 Å². The highest BCUT2D eigenvalue weighted by Crippen LogP contribution is 2.39. The van der Waals surface area contributed by atoms with Crippen molar-refractivity contribution in [3.8, 4) is 0 Å². The van der Waals surface area contributed by atoms with E-state index >= 15 is 0 Å². The van der Waals surface area contributed by atoms with E-state index in [4.69, 9.17) is 9.64 Å². The van der Waals surface area contributed by atoms with Crippen molar-refractivity contribution in [3.63, 3.8) is 0 Å². The average Bonchev–Trinajstić information content (AvgIpc) is 2.82. The molecule has 0 heterocycles. The third-order valence-electron chi connectivity index (χ3n) is 4.36. The van der Waals surface area contributed by atoms with Crippen LogP contribution in [-0.2, 0) is 36.0 Å². The normalized spacial score (nSPS) is 20.8. The molecule has 0 saturated carbocycles. The van der Waals surface area contributed by atoms with Gasteiger partial charge in [-0.2, -0.15) is 0 Å². The predicted molar refractivity (Wildman–Crippen MR) is 101 cm³/mol. The number of aliphatic hydroxyl groups is 5. The van der Waals surface area contributed by atoms with Crippen molar-refractivity contribution in [2.75, 3.05) is 6.54 Å². The summed E-state index contributed by atoms with van der Waals surface area (Å²) in [6, 6.07) is 0. The fourth-order valence-electron chi connectivity index (χ4n) is 2.67. The summed E-state index contributed by atoms with van der Waals surface area (Å²) in [5, 5.41) is 56.9. The Kier molecular flexibility index (Phi) is 7.93. The molecule has 168 valence electrons. The summed E-state index contributed by atoms with van der Waals surface area (Å²) < 4.78 is 25.6. The summed E-state index contributed by atoms with van der Waals surface area (Å²) in [6.45, 7) is -4.55. The van der Waals surface area contributed by atoms with Gasteiger partial charge in [0.2, 0.25) is 5.60 Å². The van der Waals surface area contributed by atoms with E-state index in [1.165, 1.54) is 0 Å². The molecule has 0 amide bonds. The van der Waals surface area contributed by atoms with E-state index in [1.807, 2.05) is 0 Å². The third-order valence-corrected chi connectivity index (χ3v) is 4.45. The molecule has 1 unspecified atom stereocenters. The van der Waals surface area contributed by atoms with Crippen LogP contribution in [-0.4, -0.2) is 90.5 Å². The van der Waals surface area contributed by atoms with Gasteiger partial charge >= 0.3 is 6.29 Å². The maximum Gasteiger partial charge on any atom is 0.307 e. The second-order valence-corrected chi connectivity index (χ2v) is 6.33. The van der Waals surface area contributed by atoms with Gasteiger partial charge in [0.1, 0.15) is 12.2 Å². The Morgan fingerprint density at radius 3 is 2.27 bits per heavy atom. The SMILES string of the molecule is [2H]CC(=O)C(O)[C@@H](O)[C@](O)(C(=O)C[2H])[C@@](O)(C(=O)C[2H])[C@@](O)(C=[O+][S-])C(=O)CCCN=[N+]=[N-]. The van der Waals surface area contributed by atoms with Gasteiger partial charge in [-0.25, -0.2) is 12.9 Å². The lowest BCUT2D eigenvalue weighted by Gasteiger charge is -2.47. The Hall–Kier alpha value is -2.32. The summed E-state index contributed by atoms with van der Waals surface area (Å²) in [6.07, 6.45) is -7.11. The molecule has 30 heavy (non-hydrogen) atoms. The maximum absolute atomic E-state index is 12.8. The molecule has 0 aromatic heterocycles. The molecule has 5 atom stereocenters. The number of nitrogens with zero attached hydrogens (tertiary/aromatic N) is 3. The standard InChI is InChI=1S/C16H23N3O10S/c1-8(20)12(24)13(25)15(27,9(2)21)16(28,10(3)22)14(26,7-29-30)11(23)5-4-6-18-19-17/h7,12-13,24-28H,4-6H2,1-3H3/t12?,13-,14-,15-,16-/m1/s1/i1D,2D,3D. The molecule has 0 aliphatic rings. The maximum atomic E-state index is 12.8. The molecule has 0 aliphatic heterocycles. The van der Waals surface area contributed by atoms with Crippen LogP contribution >= 0.6 is 0 Å². The first-order valence-electron chi connectivity index (χ1n) is 10.1. The van der Waals surface area contributed by atoms with Gasteiger partial charge in [-0.1, -0.05) is 5.11 Å². The molecule has 13 nitrogen and oxygen atoms in total. The first-order valence-corrected chi connectivity index (χ1v) is 8.32. The quantitative estimate of drug-likeness (QED) is 0.0289. The van der Waals surface area contributed by atoms with E-state index in [1.54, 1.807) is 0 Å². The van der Waals surface area contributed by atoms with Crippen molar-refractivity contribution >= 4 is 42.3 Å². The summed E-state index contributed by atoms with van der Waals surface area (Å²) in [7, 11) is 0. The van der Waals surface area contributed by atoms with Crippen LogP contribution in [0, 0.1) is 0 Å². The second-order valence-electron chi connectivity index (χ2n) is 6.14. The van der Waals surface area contributed by atoms with Gasteiger partial charge in [-0.15, -0.1) is 0 Å². The first kappa shape index (κ1) is 22.4. The number of ketones is 4. The van der Waals surface area contributed by atoms with E-state index < -0.39 is 79.3 Å². The minimum absolute atomic E-state index is 0.0562. The van der Waals surface area contributed by atoms with Crippen LogP contribution in [0.1, 0.15) is 37.7 Å². The number of Topliss-reactive ketones (excluding diaryl/α,β-unsaturated/α-hetero) is 4. The largest absolute Gasteiger partial charge is 0.386 e. The highest BCUT2D eigenvalue weighted by molar-refractivity contribution is 7.50. The Labute approximate surface area is 180 Å². The zero-order chi connectivity index (χ0) is 26.0. The van der Waals surface area contributed by atoms with E-state index in [0.29, 0.717) is 0 Å². The van der Waals surface area contributed by atoms with E-state index in [0.717, 1.165) is 0 Å². The van der Waals surface area contributed by atoms with E-state index in [2.05, 4.69) is 26.8 Å². The van der Waals surface area contributed by atoms with Crippen LogP contribution in [0.4, 0.5) is 0 Å². The monoisotopic (exact) mass is 452 g/mol. The molecule has 0 rings (SSSR count). The second kappa shape index (κ2) is 10.6. The first-order chi connectivity index (χ1) is 15.3. The van der Waals surface area contributed by atoms with Crippen molar-refractivity contribution in [2.24, 2.45) is 5.11 Å². The molecule has 5 N–H and O–H groups in total. The molecule has 0 radical (unpaired) electrons. The van der Waals surface area contributed by atoms with Crippen molar-refractivity contribution in [3.05, 3.63) is 10.4 Å². The highest BCUT2D eigenvalue weighted by atomic mass is 32.1. The number of carbonyl (C=O) groups is 4. The molecule has 0 bridgehead atoms. The summed E-state index contributed by atoms with van der Waals surface area (Å²) in [5.74, 6) is -7.00. The summed E-state index contributed by atoms with van der Waals surface area (Å²) in [4.78, 5) is 52.1. The molecule has 14 heteroatoms. The van der Waals surface area contributed by atoms with E-state index in [9.17, 15) is 44.7 Å². The van der Waals surface area contributed by atoms with E-state index in [-0.39, 0.29) is 19.3 Å². The average molecular weight is 452 g/mol. The number of azide groups is 1. The van der Waals surface area contributed by atoms with Crippen LogP contribution in [0.25, 0.3) is 10.4 Å². The van der Waals surface area contributed by atoms with Gasteiger partial charge in [-0.05, 0) is 32.7 Å². The van der Waals surface area contributed by atoms with Gasteiger partial charge in [0.25, 0.3) is 5.60 Å². The zero-order valence-electron chi connectivity index (χ0n) is 18.5. The fourth-order valence-corrected chi connectivity index (χ4v) is 2.81. The molecule has 0 fully saturated rings. The zero-order valence-corrected chi connectivity index (χ0v) is 16.3. The fraction of sp³-hybridized carbons (Fsp3) is 0.688. The Morgan fingerprint density at radius 1 is 1.20 bits per heavy atom. The van der Waals surface area contributed by atoms with Gasteiger partial charge in [0.05, 0.1) is 0 Å². The molecule has 0 aliphatic carbocycles. The number of hydrogen-bond donors (Lipinski definition) is 5. The Bertz CT molecular complexity index is 843. The minimum Gasteiger partial charge on any atom is -0.386 e. The molecule has 0 aromatic carbocycles. The Morgan fingerprint density at radius 2 is 1.80 bits per heavy atom. The van der Waals surface area contributed by atoms with Gasteiger partial charge < -0.3 is 29.4 Å². The summed E-state index contributed by atoms with van der Waals surface area (Å²) >= 11 is 4.16. The number of aldehydes is 1. The van der Waals surface area contributed by atoms with Gasteiger partial charge in [-0.3, -0.25) is 19.2 Å². The smallest absolute Gasteiger partial charge is 0.307 e. The lowest BCUT2D eigenvalue weighted by molar-refractivity contribution is -0.270. The minimum atomic E-state index is -4.21. The van der Waals surface area contributed by atoms with Crippen molar-refractivity contribution in [1.82, 2.24) is 0 Å². The Balaban J connectivity index is 7.15. The number of aliphatic hydroxyl groups excluding tert-OH is 2. The van der Waals surface area contributed by atoms with Crippen molar-refractivity contribution < 1.29 is 52.7 Å². The molecular weight excluding hydrogens is 426 g/mol. The number of hydrogen-bond acceptors (Lipinski definition) is 11. The molecule has 0 spiro atoms. The van der Waals surface area contributed by atoms with Crippen LogP contribution in [0.2, 0.25) is 0 Å². The van der Waals surface area contributed by atoms with Crippen LogP contribution in [0.15, 0.2) is 5.11 Å². The van der Waals surface area contributed by atoms with Gasteiger partial charge in [0.15, 0.2) is 28.7 Å². The van der Waals surface area contributed by atoms with Crippen molar-refractivity contribution in [1.29, 1.82) is 0 Å². The molecule has 0 aromatic rings. The summed E-state index contributed by atoms with van der Waals surface area (Å²) in [5.41, 5.74) is -3.84. The lowest BCUT2D eigenvalue weighted by Crippen LogP contribution is -2.81. The lowest BCUT2D eigenvalue weighted by atomic mass is 9.62. The van der Waals surface area contributed by atoms with Gasteiger partial charge in [0, 0.05) is 22.0 Å². The molecule has 0 saturated heterocycles. The van der Waals surface area contributed by atoms with Crippen LogP contribution < -0.4 is 0 Å². The number of rotatable bonds is 13. The number of carbonyl (C=O) groups excluding carboxylic acids is 5. The molecular formula is C16H23N3O10S. The third kappa shape index (κ3) is 4.70. The topological polar surface area (TPSA) is 229 Å². The van der Waals surface area contributed by atoms with Crippen LogP contribution in [0.3, 0.4) is 0 Å². The highest BCUT2D eigenvalue weighted by Gasteiger charge is 2.75.